The Hall–Kier alpha value is -2.07. The van der Waals surface area contributed by atoms with Gasteiger partial charge in [-0.2, -0.15) is 0 Å². The lowest BCUT2D eigenvalue weighted by Gasteiger charge is -2.12. The van der Waals surface area contributed by atoms with Gasteiger partial charge in [0.1, 0.15) is 5.82 Å². The number of hydrogen-bond acceptors (Lipinski definition) is 4. The van der Waals surface area contributed by atoms with E-state index in [-0.39, 0.29) is 0 Å². The highest BCUT2D eigenvalue weighted by Crippen LogP contribution is 2.29. The summed E-state index contributed by atoms with van der Waals surface area (Å²) >= 11 is 1.75. The van der Waals surface area contributed by atoms with E-state index in [4.69, 9.17) is 9.97 Å². The maximum absolute atomic E-state index is 4.82. The Bertz CT molecular complexity index is 833. The summed E-state index contributed by atoms with van der Waals surface area (Å²) < 4.78 is 0. The van der Waals surface area contributed by atoms with Gasteiger partial charge in [-0.05, 0) is 36.1 Å². The molecular formula is C22H27N3S. The van der Waals surface area contributed by atoms with E-state index >= 15 is 0 Å². The second-order valence-electron chi connectivity index (χ2n) is 6.44. The van der Waals surface area contributed by atoms with E-state index in [1.807, 2.05) is 6.07 Å². The molecule has 3 aromatic rings. The molecule has 0 fully saturated rings. The maximum atomic E-state index is 4.82. The van der Waals surface area contributed by atoms with Crippen LogP contribution in [0.5, 0.6) is 0 Å². The van der Waals surface area contributed by atoms with Crippen LogP contribution in [0.25, 0.3) is 22.0 Å². The minimum atomic E-state index is 0.873. The lowest BCUT2D eigenvalue weighted by molar-refractivity contribution is 0.828. The Labute approximate surface area is 160 Å². The zero-order valence-electron chi connectivity index (χ0n) is 15.7. The lowest BCUT2D eigenvalue weighted by Crippen LogP contribution is -2.05. The zero-order chi connectivity index (χ0) is 18.2. The third-order valence-electron chi connectivity index (χ3n) is 4.33. The van der Waals surface area contributed by atoms with Crippen molar-refractivity contribution in [2.45, 2.75) is 44.7 Å². The number of anilines is 1. The Kier molecular flexibility index (Phi) is 6.89. The number of fused-ring (bicyclic) bond motifs is 1. The van der Waals surface area contributed by atoms with Gasteiger partial charge in [0.2, 0.25) is 0 Å². The van der Waals surface area contributed by atoms with Crippen LogP contribution in [0.4, 0.5) is 5.82 Å². The molecule has 0 saturated heterocycles. The minimum Gasteiger partial charge on any atom is -0.369 e. The highest BCUT2D eigenvalue weighted by Gasteiger charge is 2.10. The van der Waals surface area contributed by atoms with Crippen molar-refractivity contribution in [2.75, 3.05) is 17.6 Å². The topological polar surface area (TPSA) is 37.8 Å². The number of rotatable bonds is 9. The third kappa shape index (κ3) is 4.76. The van der Waals surface area contributed by atoms with E-state index in [9.17, 15) is 0 Å². The van der Waals surface area contributed by atoms with Crippen molar-refractivity contribution >= 4 is 28.5 Å². The summed E-state index contributed by atoms with van der Waals surface area (Å²) in [5.41, 5.74) is 3.43. The van der Waals surface area contributed by atoms with Gasteiger partial charge < -0.3 is 5.32 Å². The van der Waals surface area contributed by atoms with Gasteiger partial charge in [-0.1, -0.05) is 74.8 Å². The summed E-state index contributed by atoms with van der Waals surface area (Å²) in [5.74, 6) is 2.03. The second-order valence-corrected chi connectivity index (χ2v) is 7.50. The molecule has 1 N–H and O–H groups in total. The number of nitrogens with one attached hydrogen (secondary N) is 1. The van der Waals surface area contributed by atoms with Crippen LogP contribution < -0.4 is 5.32 Å². The average molecular weight is 366 g/mol. The molecule has 0 saturated carbocycles. The number of thioether (sulfide) groups is 1. The number of unbranched alkanes of at least 4 members (excludes halogenated alkanes) is 2. The van der Waals surface area contributed by atoms with Crippen LogP contribution in [-0.4, -0.2) is 22.3 Å². The van der Waals surface area contributed by atoms with Crippen LogP contribution in [0.15, 0.2) is 53.7 Å². The predicted octanol–water partition coefficient (Wildman–Crippen LogP) is 6.40. The SMILES string of the molecule is CCCCNc1nc(SCCCC)nc2ccc(-c3ccccc3)cc12. The molecule has 0 aliphatic rings. The first-order valence-corrected chi connectivity index (χ1v) is 10.5. The number of benzene rings is 2. The molecule has 2 aromatic carbocycles. The lowest BCUT2D eigenvalue weighted by atomic mass is 10.0. The van der Waals surface area contributed by atoms with Crippen molar-refractivity contribution in [1.82, 2.24) is 9.97 Å². The fraction of sp³-hybridized carbons (Fsp3) is 0.364. The Morgan fingerprint density at radius 3 is 2.46 bits per heavy atom. The van der Waals surface area contributed by atoms with Crippen LogP contribution in [-0.2, 0) is 0 Å². The van der Waals surface area contributed by atoms with Crippen molar-refractivity contribution in [3.05, 3.63) is 48.5 Å². The van der Waals surface area contributed by atoms with Gasteiger partial charge in [-0.15, -0.1) is 0 Å². The van der Waals surface area contributed by atoms with Crippen LogP contribution >= 0.6 is 11.8 Å². The molecule has 0 amide bonds. The number of aromatic nitrogens is 2. The van der Waals surface area contributed by atoms with Gasteiger partial charge in [-0.3, -0.25) is 0 Å². The Balaban J connectivity index is 1.97. The summed E-state index contributed by atoms with van der Waals surface area (Å²) in [5, 5.41) is 5.51. The molecule has 136 valence electrons. The molecule has 0 bridgehead atoms. The molecule has 0 atom stereocenters. The van der Waals surface area contributed by atoms with Crippen LogP contribution in [0, 0.1) is 0 Å². The van der Waals surface area contributed by atoms with E-state index in [1.165, 1.54) is 30.4 Å². The second kappa shape index (κ2) is 9.58. The molecule has 3 nitrogen and oxygen atoms in total. The zero-order valence-corrected chi connectivity index (χ0v) is 16.5. The Morgan fingerprint density at radius 2 is 1.69 bits per heavy atom. The van der Waals surface area contributed by atoms with E-state index in [0.717, 1.165) is 40.6 Å². The molecular weight excluding hydrogens is 338 g/mol. The van der Waals surface area contributed by atoms with Crippen LogP contribution in [0.1, 0.15) is 39.5 Å². The summed E-state index contributed by atoms with van der Waals surface area (Å²) in [4.78, 5) is 9.60. The van der Waals surface area contributed by atoms with Crippen molar-refractivity contribution in [2.24, 2.45) is 0 Å². The van der Waals surface area contributed by atoms with E-state index in [0.29, 0.717) is 0 Å². The van der Waals surface area contributed by atoms with Crippen molar-refractivity contribution < 1.29 is 0 Å². The summed E-state index contributed by atoms with van der Waals surface area (Å²) in [7, 11) is 0. The normalized spacial score (nSPS) is 11.0. The molecule has 26 heavy (non-hydrogen) atoms. The smallest absolute Gasteiger partial charge is 0.190 e. The first kappa shape index (κ1) is 18.7. The third-order valence-corrected chi connectivity index (χ3v) is 5.27. The maximum Gasteiger partial charge on any atom is 0.190 e. The first-order chi connectivity index (χ1) is 12.8. The summed E-state index contributed by atoms with van der Waals surface area (Å²) in [6.07, 6.45) is 4.70. The highest BCUT2D eigenvalue weighted by atomic mass is 32.2. The van der Waals surface area contributed by atoms with Crippen molar-refractivity contribution in [3.63, 3.8) is 0 Å². The van der Waals surface area contributed by atoms with Crippen molar-refractivity contribution in [1.29, 1.82) is 0 Å². The quantitative estimate of drug-likeness (QED) is 0.270. The van der Waals surface area contributed by atoms with Gasteiger partial charge in [0.15, 0.2) is 5.16 Å². The standard InChI is InChI=1S/C22H27N3S/c1-3-5-14-23-21-19-16-18(17-10-8-7-9-11-17)12-13-20(19)24-22(25-21)26-15-6-4-2/h7-13,16H,3-6,14-15H2,1-2H3,(H,23,24,25). The molecule has 0 aliphatic heterocycles. The van der Waals surface area contributed by atoms with Gasteiger partial charge in [0.25, 0.3) is 0 Å². The molecule has 0 aliphatic carbocycles. The van der Waals surface area contributed by atoms with Gasteiger partial charge >= 0.3 is 0 Å². The fourth-order valence-corrected chi connectivity index (χ4v) is 3.74. The summed E-state index contributed by atoms with van der Waals surface area (Å²) in [6.45, 7) is 5.36. The number of hydrogen-bond donors (Lipinski definition) is 1. The molecule has 0 spiro atoms. The molecule has 0 radical (unpaired) electrons. The average Bonchev–Trinajstić information content (AvgIpc) is 2.69. The first-order valence-electron chi connectivity index (χ1n) is 9.55. The monoisotopic (exact) mass is 365 g/mol. The van der Waals surface area contributed by atoms with Gasteiger partial charge in [0, 0.05) is 17.7 Å². The molecule has 3 rings (SSSR count). The molecule has 1 aromatic heterocycles. The van der Waals surface area contributed by atoms with Crippen molar-refractivity contribution in [3.8, 4) is 11.1 Å². The fourth-order valence-electron chi connectivity index (χ4n) is 2.81. The minimum absolute atomic E-state index is 0.873. The number of nitrogens with zero attached hydrogens (tertiary/aromatic N) is 2. The van der Waals surface area contributed by atoms with Gasteiger partial charge in [0.05, 0.1) is 5.52 Å². The van der Waals surface area contributed by atoms with E-state index in [2.05, 4.69) is 61.6 Å². The van der Waals surface area contributed by atoms with Gasteiger partial charge in [-0.25, -0.2) is 9.97 Å². The van der Waals surface area contributed by atoms with Crippen LogP contribution in [0.2, 0.25) is 0 Å². The van der Waals surface area contributed by atoms with Crippen LogP contribution in [0.3, 0.4) is 0 Å². The summed E-state index contributed by atoms with van der Waals surface area (Å²) in [6, 6.07) is 17.0. The van der Waals surface area contributed by atoms with E-state index < -0.39 is 0 Å². The predicted molar refractivity (Wildman–Crippen MR) is 114 cm³/mol. The molecule has 1 heterocycles. The molecule has 0 unspecified atom stereocenters. The highest BCUT2D eigenvalue weighted by molar-refractivity contribution is 7.99. The molecule has 4 heteroatoms. The largest absolute Gasteiger partial charge is 0.369 e. The van der Waals surface area contributed by atoms with E-state index in [1.54, 1.807) is 11.8 Å². The Morgan fingerprint density at radius 1 is 0.885 bits per heavy atom.